The molecule has 0 aliphatic heterocycles. The maximum Gasteiger partial charge on any atom is 0.123 e. The van der Waals surface area contributed by atoms with Crippen LogP contribution in [0.5, 0.6) is 5.75 Å². The molecule has 0 bridgehead atoms. The molecule has 1 nitrogen and oxygen atoms in total. The summed E-state index contributed by atoms with van der Waals surface area (Å²) in [5.74, 6) is 0.815. The van der Waals surface area contributed by atoms with Crippen molar-refractivity contribution in [1.82, 2.24) is 0 Å². The van der Waals surface area contributed by atoms with E-state index in [-0.39, 0.29) is 5.38 Å². The van der Waals surface area contributed by atoms with Crippen molar-refractivity contribution >= 4 is 54.8 Å². The van der Waals surface area contributed by atoms with Crippen LogP contribution in [0, 0.1) is 6.92 Å². The van der Waals surface area contributed by atoms with E-state index in [2.05, 4.69) is 37.9 Å². The van der Waals surface area contributed by atoms with Gasteiger partial charge in [0, 0.05) is 11.1 Å². The van der Waals surface area contributed by atoms with Gasteiger partial charge in [0.15, 0.2) is 0 Å². The number of methoxy groups -OCH3 is 1. The molecule has 0 aliphatic carbocycles. The van der Waals surface area contributed by atoms with Crippen LogP contribution in [0.15, 0.2) is 31.8 Å². The van der Waals surface area contributed by atoms with E-state index in [0.29, 0.717) is 0 Å². The van der Waals surface area contributed by atoms with Crippen molar-refractivity contribution in [3.63, 3.8) is 0 Å². The SMILES string of the molecule is COc1ccc(C)cc1C(Cl)c1cc(Br)sc1Br. The molecule has 18 heavy (non-hydrogen) atoms. The lowest BCUT2D eigenvalue weighted by Crippen LogP contribution is -1.97. The molecular formula is C13H11Br2ClOS. The van der Waals surface area contributed by atoms with Crippen LogP contribution in [0.3, 0.4) is 0 Å². The van der Waals surface area contributed by atoms with Crippen LogP contribution >= 0.6 is 54.8 Å². The van der Waals surface area contributed by atoms with Crippen molar-refractivity contribution in [3.05, 3.63) is 48.5 Å². The van der Waals surface area contributed by atoms with Crippen molar-refractivity contribution in [2.75, 3.05) is 7.11 Å². The first-order chi connectivity index (χ1) is 8.52. The Morgan fingerprint density at radius 1 is 1.22 bits per heavy atom. The first kappa shape index (κ1) is 14.4. The van der Waals surface area contributed by atoms with E-state index in [0.717, 1.165) is 24.4 Å². The number of hydrogen-bond donors (Lipinski definition) is 0. The Hall–Kier alpha value is -0.0300. The maximum absolute atomic E-state index is 6.58. The second-order valence-electron chi connectivity index (χ2n) is 3.89. The van der Waals surface area contributed by atoms with Gasteiger partial charge < -0.3 is 4.74 Å². The van der Waals surface area contributed by atoms with Crippen molar-refractivity contribution in [2.45, 2.75) is 12.3 Å². The maximum atomic E-state index is 6.58. The Kier molecular flexibility index (Phi) is 4.75. The molecular weight excluding hydrogens is 399 g/mol. The lowest BCUT2D eigenvalue weighted by Gasteiger charge is -2.14. The van der Waals surface area contributed by atoms with Gasteiger partial charge in [0.1, 0.15) is 5.75 Å². The summed E-state index contributed by atoms with van der Waals surface area (Å²) >= 11 is 15.2. The quantitative estimate of drug-likeness (QED) is 0.571. The van der Waals surface area contributed by atoms with Crippen LogP contribution in [-0.2, 0) is 0 Å². The highest BCUT2D eigenvalue weighted by Gasteiger charge is 2.20. The standard InChI is InChI=1S/C13H11Br2ClOS/c1-7-3-4-10(17-2)8(5-7)12(16)9-6-11(14)18-13(9)15/h3-6,12H,1-2H3. The van der Waals surface area contributed by atoms with Gasteiger partial charge in [-0.15, -0.1) is 22.9 Å². The zero-order valence-electron chi connectivity index (χ0n) is 9.84. The van der Waals surface area contributed by atoms with Gasteiger partial charge >= 0.3 is 0 Å². The highest BCUT2D eigenvalue weighted by molar-refractivity contribution is 9.12. The number of hydrogen-bond acceptors (Lipinski definition) is 2. The molecule has 1 heterocycles. The predicted octanol–water partition coefficient (Wildman–Crippen LogP) is 5.92. The summed E-state index contributed by atoms with van der Waals surface area (Å²) in [6, 6.07) is 8.07. The first-order valence-electron chi connectivity index (χ1n) is 5.26. The van der Waals surface area contributed by atoms with Crippen LogP contribution in [-0.4, -0.2) is 7.11 Å². The van der Waals surface area contributed by atoms with E-state index < -0.39 is 0 Å². The number of halogens is 3. The van der Waals surface area contributed by atoms with Crippen molar-refractivity contribution in [3.8, 4) is 5.75 Å². The number of aryl methyl sites for hydroxylation is 1. The summed E-state index contributed by atoms with van der Waals surface area (Å²) in [4.78, 5) is 0. The molecule has 96 valence electrons. The Bertz CT molecular complexity index is 568. The first-order valence-corrected chi connectivity index (χ1v) is 8.10. The van der Waals surface area contributed by atoms with Gasteiger partial charge in [-0.1, -0.05) is 17.7 Å². The number of rotatable bonds is 3. The number of thiophene rings is 1. The Morgan fingerprint density at radius 3 is 2.50 bits per heavy atom. The molecule has 0 aliphatic rings. The molecule has 1 aromatic heterocycles. The molecule has 0 radical (unpaired) electrons. The molecule has 2 rings (SSSR count). The minimum Gasteiger partial charge on any atom is -0.496 e. The molecule has 0 spiro atoms. The third kappa shape index (κ3) is 2.93. The summed E-state index contributed by atoms with van der Waals surface area (Å²) in [6.45, 7) is 2.05. The lowest BCUT2D eigenvalue weighted by molar-refractivity contribution is 0.410. The molecule has 5 heteroatoms. The molecule has 1 atom stereocenters. The molecule has 0 amide bonds. The van der Waals surface area contributed by atoms with Gasteiger partial charge in [0.25, 0.3) is 0 Å². The van der Waals surface area contributed by atoms with Crippen LogP contribution < -0.4 is 4.74 Å². The molecule has 0 fully saturated rings. The summed E-state index contributed by atoms with van der Waals surface area (Å²) < 4.78 is 7.48. The number of ether oxygens (including phenoxy) is 1. The second-order valence-corrected chi connectivity index (χ2v) is 8.07. The van der Waals surface area contributed by atoms with Crippen LogP contribution in [0.4, 0.5) is 0 Å². The van der Waals surface area contributed by atoms with Gasteiger partial charge in [-0.05, 0) is 50.9 Å². The minimum atomic E-state index is -0.225. The molecule has 0 saturated carbocycles. The highest BCUT2D eigenvalue weighted by atomic mass is 79.9. The largest absolute Gasteiger partial charge is 0.496 e. The third-order valence-corrected chi connectivity index (χ3v) is 5.47. The van der Waals surface area contributed by atoms with Gasteiger partial charge in [-0.2, -0.15) is 0 Å². The Morgan fingerprint density at radius 2 is 1.94 bits per heavy atom. The minimum absolute atomic E-state index is 0.225. The molecule has 1 aromatic carbocycles. The van der Waals surface area contributed by atoms with Gasteiger partial charge in [-0.3, -0.25) is 0 Å². The molecule has 0 saturated heterocycles. The Labute approximate surface area is 132 Å². The second kappa shape index (κ2) is 5.95. The monoisotopic (exact) mass is 408 g/mol. The molecule has 1 unspecified atom stereocenters. The van der Waals surface area contributed by atoms with E-state index >= 15 is 0 Å². The average molecular weight is 411 g/mol. The summed E-state index contributed by atoms with van der Waals surface area (Å²) in [7, 11) is 1.66. The summed E-state index contributed by atoms with van der Waals surface area (Å²) in [5.41, 5.74) is 3.21. The average Bonchev–Trinajstić information content (AvgIpc) is 2.67. The normalized spacial score (nSPS) is 12.5. The van der Waals surface area contributed by atoms with Crippen molar-refractivity contribution in [2.24, 2.45) is 0 Å². The van der Waals surface area contributed by atoms with E-state index in [9.17, 15) is 0 Å². The summed E-state index contributed by atoms with van der Waals surface area (Å²) in [5, 5.41) is -0.225. The fraction of sp³-hybridized carbons (Fsp3) is 0.231. The predicted molar refractivity (Wildman–Crippen MR) is 85.1 cm³/mol. The topological polar surface area (TPSA) is 9.23 Å². The van der Waals surface area contributed by atoms with Crippen molar-refractivity contribution in [1.29, 1.82) is 0 Å². The van der Waals surface area contributed by atoms with Crippen LogP contribution in [0.2, 0.25) is 0 Å². The smallest absolute Gasteiger partial charge is 0.123 e. The zero-order chi connectivity index (χ0) is 13.3. The number of benzene rings is 1. The fourth-order valence-corrected chi connectivity index (χ4v) is 5.19. The van der Waals surface area contributed by atoms with Crippen molar-refractivity contribution < 1.29 is 4.74 Å². The summed E-state index contributed by atoms with van der Waals surface area (Å²) in [6.07, 6.45) is 0. The fourth-order valence-electron chi connectivity index (χ4n) is 1.75. The molecule has 2 aromatic rings. The highest BCUT2D eigenvalue weighted by Crippen LogP contribution is 2.43. The van der Waals surface area contributed by atoms with Gasteiger partial charge in [0.2, 0.25) is 0 Å². The van der Waals surface area contributed by atoms with E-state index in [1.807, 2.05) is 25.1 Å². The van der Waals surface area contributed by atoms with E-state index in [4.69, 9.17) is 16.3 Å². The van der Waals surface area contributed by atoms with Crippen LogP contribution in [0.1, 0.15) is 22.1 Å². The third-order valence-electron chi connectivity index (χ3n) is 2.61. The van der Waals surface area contributed by atoms with Gasteiger partial charge in [-0.25, -0.2) is 0 Å². The lowest BCUT2D eigenvalue weighted by atomic mass is 10.0. The Balaban J connectivity index is 2.48. The molecule has 0 N–H and O–H groups in total. The zero-order valence-corrected chi connectivity index (χ0v) is 14.6. The van der Waals surface area contributed by atoms with Crippen LogP contribution in [0.25, 0.3) is 0 Å². The van der Waals surface area contributed by atoms with E-state index in [1.54, 1.807) is 18.4 Å². The van der Waals surface area contributed by atoms with Gasteiger partial charge in [0.05, 0.1) is 20.1 Å². The van der Waals surface area contributed by atoms with E-state index in [1.165, 1.54) is 5.56 Å². The number of alkyl halides is 1.